The number of nitrogens with zero attached hydrogens (tertiary/aromatic N) is 2. The van der Waals surface area contributed by atoms with Gasteiger partial charge in [0.2, 0.25) is 10.0 Å². The van der Waals surface area contributed by atoms with Crippen LogP contribution >= 0.6 is 11.3 Å². The summed E-state index contributed by atoms with van der Waals surface area (Å²) in [4.78, 5) is 6.04. The van der Waals surface area contributed by atoms with Crippen molar-refractivity contribution in [1.82, 2.24) is 4.98 Å². The molecule has 0 radical (unpaired) electrons. The van der Waals surface area contributed by atoms with Crippen LogP contribution in [0.2, 0.25) is 0 Å². The van der Waals surface area contributed by atoms with Crippen LogP contribution < -0.4 is 15.4 Å². The first-order chi connectivity index (χ1) is 10.9. The Hall–Kier alpha value is -1.71. The first-order valence-corrected chi connectivity index (χ1v) is 9.54. The number of aromatic nitrogens is 1. The molecule has 1 aromatic carbocycles. The average Bonchev–Trinajstić information content (AvgIpc) is 2.97. The highest BCUT2D eigenvalue weighted by molar-refractivity contribution is 7.91. The molecule has 124 valence electrons. The van der Waals surface area contributed by atoms with Crippen molar-refractivity contribution in [2.24, 2.45) is 5.14 Å². The van der Waals surface area contributed by atoms with Crippen LogP contribution in [-0.2, 0) is 10.0 Å². The number of nitrogens with two attached hydrogens (primary N) is 1. The molecule has 1 aliphatic rings. The second-order valence-electron chi connectivity index (χ2n) is 5.41. The monoisotopic (exact) mass is 356 g/mol. The molecule has 2 heterocycles. The van der Waals surface area contributed by atoms with E-state index in [-0.39, 0.29) is 16.1 Å². The Balaban J connectivity index is 1.70. The highest BCUT2D eigenvalue weighted by Crippen LogP contribution is 2.26. The minimum Gasteiger partial charge on any atom is -0.367 e. The van der Waals surface area contributed by atoms with Crippen LogP contribution in [0.4, 0.5) is 15.2 Å². The maximum Gasteiger partial charge on any atom is 0.249 e. The number of rotatable bonds is 4. The molecule has 2 aromatic rings. The number of thiazole rings is 1. The van der Waals surface area contributed by atoms with Crippen molar-refractivity contribution in [1.29, 1.82) is 0 Å². The Labute approximate surface area is 138 Å². The lowest BCUT2D eigenvalue weighted by molar-refractivity contribution is 0.519. The van der Waals surface area contributed by atoms with Gasteiger partial charge in [0.05, 0.1) is 11.9 Å². The summed E-state index contributed by atoms with van der Waals surface area (Å²) in [6.07, 6.45) is 3.08. The molecule has 1 unspecified atom stereocenters. The summed E-state index contributed by atoms with van der Waals surface area (Å²) in [6, 6.07) is 6.77. The number of nitrogens with one attached hydrogen (secondary N) is 1. The third-order valence-electron chi connectivity index (χ3n) is 3.71. The summed E-state index contributed by atoms with van der Waals surface area (Å²) in [5.41, 5.74) is 0.586. The fourth-order valence-corrected chi connectivity index (χ4v) is 4.18. The zero-order valence-corrected chi connectivity index (χ0v) is 13.9. The Morgan fingerprint density at radius 2 is 2.17 bits per heavy atom. The van der Waals surface area contributed by atoms with Crippen LogP contribution in [0, 0.1) is 5.82 Å². The van der Waals surface area contributed by atoms with Crippen LogP contribution in [0.5, 0.6) is 0 Å². The van der Waals surface area contributed by atoms with Crippen molar-refractivity contribution >= 4 is 32.2 Å². The summed E-state index contributed by atoms with van der Waals surface area (Å²) < 4.78 is 36.5. The van der Waals surface area contributed by atoms with Crippen LogP contribution in [0.3, 0.4) is 0 Å². The lowest BCUT2D eigenvalue weighted by Crippen LogP contribution is -2.42. The summed E-state index contributed by atoms with van der Waals surface area (Å²) in [6.45, 7) is 1.42. The number of hydrogen-bond donors (Lipinski definition) is 2. The van der Waals surface area contributed by atoms with Crippen molar-refractivity contribution in [3.05, 3.63) is 36.3 Å². The number of hydrogen-bond acceptors (Lipinski definition) is 6. The fraction of sp³-hybridized carbons (Fsp3) is 0.357. The number of para-hydroxylation sites is 1. The molecule has 0 saturated carbocycles. The number of anilines is 2. The van der Waals surface area contributed by atoms with E-state index in [0.29, 0.717) is 17.4 Å². The molecule has 1 saturated heterocycles. The van der Waals surface area contributed by atoms with Crippen molar-refractivity contribution in [2.45, 2.75) is 23.1 Å². The van der Waals surface area contributed by atoms with E-state index in [0.717, 1.165) is 30.7 Å². The molecule has 0 bridgehead atoms. The standard InChI is InChI=1S/C14H17FN4O2S2/c15-11-5-1-2-6-12(11)19-7-3-4-10(9-19)18-14-17-8-13(22-14)23(16,20)21/h1-2,5-6,8,10H,3-4,7,9H2,(H,17,18)(H2,16,20,21). The first-order valence-electron chi connectivity index (χ1n) is 7.18. The van der Waals surface area contributed by atoms with Gasteiger partial charge in [-0.05, 0) is 25.0 Å². The smallest absolute Gasteiger partial charge is 0.249 e. The molecule has 9 heteroatoms. The highest BCUT2D eigenvalue weighted by Gasteiger charge is 2.23. The number of primary sulfonamides is 1. The first kappa shape index (κ1) is 16.2. The Morgan fingerprint density at radius 1 is 1.39 bits per heavy atom. The molecule has 1 atom stereocenters. The fourth-order valence-electron chi connectivity index (χ4n) is 2.65. The van der Waals surface area contributed by atoms with Crippen molar-refractivity contribution in [3.8, 4) is 0 Å². The predicted octanol–water partition coefficient (Wildman–Crippen LogP) is 2.01. The third kappa shape index (κ3) is 3.80. The van der Waals surface area contributed by atoms with Crippen LogP contribution in [-0.4, -0.2) is 32.5 Å². The number of sulfonamides is 1. The summed E-state index contributed by atoms with van der Waals surface area (Å²) in [5, 5.41) is 8.81. The Morgan fingerprint density at radius 3 is 2.87 bits per heavy atom. The van der Waals surface area contributed by atoms with E-state index in [1.807, 2.05) is 11.0 Å². The molecule has 1 aliphatic heterocycles. The van der Waals surface area contributed by atoms with Crippen LogP contribution in [0.15, 0.2) is 34.7 Å². The van der Waals surface area contributed by atoms with Crippen molar-refractivity contribution < 1.29 is 12.8 Å². The minimum absolute atomic E-state index is 0.0294. The van der Waals surface area contributed by atoms with Gasteiger partial charge in [-0.3, -0.25) is 0 Å². The lowest BCUT2D eigenvalue weighted by Gasteiger charge is -2.34. The zero-order chi connectivity index (χ0) is 16.4. The zero-order valence-electron chi connectivity index (χ0n) is 12.3. The maximum atomic E-state index is 13.9. The Bertz CT molecular complexity index is 794. The number of benzene rings is 1. The predicted molar refractivity (Wildman–Crippen MR) is 88.7 cm³/mol. The molecular weight excluding hydrogens is 339 g/mol. The largest absolute Gasteiger partial charge is 0.367 e. The molecule has 3 N–H and O–H groups in total. The molecule has 1 aromatic heterocycles. The minimum atomic E-state index is -3.73. The van der Waals surface area contributed by atoms with Gasteiger partial charge in [-0.25, -0.2) is 22.9 Å². The van der Waals surface area contributed by atoms with Gasteiger partial charge >= 0.3 is 0 Å². The second kappa shape index (κ2) is 6.42. The van der Waals surface area contributed by atoms with Gasteiger partial charge in [0.25, 0.3) is 0 Å². The van der Waals surface area contributed by atoms with Gasteiger partial charge in [0, 0.05) is 19.1 Å². The second-order valence-corrected chi connectivity index (χ2v) is 8.23. The molecule has 6 nitrogen and oxygen atoms in total. The van der Waals surface area contributed by atoms with E-state index in [9.17, 15) is 12.8 Å². The van der Waals surface area contributed by atoms with Gasteiger partial charge in [-0.15, -0.1) is 0 Å². The van der Waals surface area contributed by atoms with Crippen molar-refractivity contribution in [3.63, 3.8) is 0 Å². The lowest BCUT2D eigenvalue weighted by atomic mass is 10.1. The summed E-state index contributed by atoms with van der Waals surface area (Å²) in [5.74, 6) is -0.237. The molecule has 3 rings (SSSR count). The molecule has 0 spiro atoms. The van der Waals surface area contributed by atoms with Gasteiger partial charge in [0.15, 0.2) is 9.34 Å². The molecule has 1 fully saturated rings. The summed E-state index contributed by atoms with van der Waals surface area (Å²) in [7, 11) is -3.73. The van der Waals surface area contributed by atoms with E-state index in [4.69, 9.17) is 5.14 Å². The maximum absolute atomic E-state index is 13.9. The van der Waals surface area contributed by atoms with Gasteiger partial charge in [0.1, 0.15) is 5.82 Å². The highest BCUT2D eigenvalue weighted by atomic mass is 32.2. The topological polar surface area (TPSA) is 88.3 Å². The van der Waals surface area contributed by atoms with Crippen LogP contribution in [0.1, 0.15) is 12.8 Å². The molecule has 23 heavy (non-hydrogen) atoms. The van der Waals surface area contributed by atoms with E-state index in [1.54, 1.807) is 12.1 Å². The van der Waals surface area contributed by atoms with Crippen molar-refractivity contribution in [2.75, 3.05) is 23.3 Å². The quantitative estimate of drug-likeness (QED) is 0.875. The third-order valence-corrected chi connectivity index (χ3v) is 6.04. The van der Waals surface area contributed by atoms with Gasteiger partial charge in [-0.1, -0.05) is 23.5 Å². The Kier molecular flexibility index (Phi) is 4.51. The molecular formula is C14H17FN4O2S2. The van der Waals surface area contributed by atoms with Crippen LogP contribution in [0.25, 0.3) is 0 Å². The van der Waals surface area contributed by atoms with E-state index < -0.39 is 10.0 Å². The SMILES string of the molecule is NS(=O)(=O)c1cnc(NC2CCCN(c3ccccc3F)C2)s1. The van der Waals surface area contributed by atoms with E-state index >= 15 is 0 Å². The van der Waals surface area contributed by atoms with Gasteiger partial charge in [-0.2, -0.15) is 0 Å². The molecule has 0 aliphatic carbocycles. The normalized spacial score (nSPS) is 18.9. The van der Waals surface area contributed by atoms with E-state index in [2.05, 4.69) is 10.3 Å². The van der Waals surface area contributed by atoms with Gasteiger partial charge < -0.3 is 10.2 Å². The number of piperidine rings is 1. The average molecular weight is 356 g/mol. The number of halogens is 1. The molecule has 0 amide bonds. The van der Waals surface area contributed by atoms with E-state index in [1.165, 1.54) is 12.3 Å². The summed E-state index contributed by atoms with van der Waals surface area (Å²) >= 11 is 1.01.